The van der Waals surface area contributed by atoms with E-state index < -0.39 is 0 Å². The first-order valence-electron chi connectivity index (χ1n) is 11.8. The Balaban J connectivity index is 1.92. The van der Waals surface area contributed by atoms with Crippen LogP contribution in [0, 0.1) is 0 Å². The van der Waals surface area contributed by atoms with Crippen molar-refractivity contribution in [3.63, 3.8) is 0 Å². The Labute approximate surface area is 217 Å². The standard InChI is InChI=1S/C27H33ClN4O4/c1-7-15-31(26(34)25-20(35-5)13-10-14-21(25)36-6)17-24(33)29-23-16-22(27(2,3)4)30-32(23)19-12-9-8-11-18(19)28/h8-14,16H,7,15,17H2,1-6H3,(H,29,33). The topological polar surface area (TPSA) is 85.7 Å². The largest absolute Gasteiger partial charge is 0.496 e. The van der Waals surface area contributed by atoms with Gasteiger partial charge in [0.1, 0.15) is 29.4 Å². The molecule has 0 saturated carbocycles. The predicted molar refractivity (Wildman–Crippen MR) is 142 cm³/mol. The molecule has 0 saturated heterocycles. The van der Waals surface area contributed by atoms with Crippen LogP contribution in [-0.2, 0) is 10.2 Å². The number of ether oxygens (including phenoxy) is 2. The molecule has 1 aromatic heterocycles. The Morgan fingerprint density at radius 2 is 1.69 bits per heavy atom. The lowest BCUT2D eigenvalue weighted by Gasteiger charge is -2.23. The second-order valence-electron chi connectivity index (χ2n) is 9.34. The number of hydrogen-bond donors (Lipinski definition) is 1. The summed E-state index contributed by atoms with van der Waals surface area (Å²) in [6.07, 6.45) is 0.669. The lowest BCUT2D eigenvalue weighted by molar-refractivity contribution is -0.116. The van der Waals surface area contributed by atoms with E-state index in [0.717, 1.165) is 5.69 Å². The van der Waals surface area contributed by atoms with E-state index >= 15 is 0 Å². The lowest BCUT2D eigenvalue weighted by Crippen LogP contribution is -2.39. The molecular formula is C27H33ClN4O4. The summed E-state index contributed by atoms with van der Waals surface area (Å²) in [6, 6.07) is 14.2. The van der Waals surface area contributed by atoms with Crippen LogP contribution in [0.3, 0.4) is 0 Å². The summed E-state index contributed by atoms with van der Waals surface area (Å²) in [4.78, 5) is 28.2. The van der Waals surface area contributed by atoms with Crippen LogP contribution in [0.25, 0.3) is 5.69 Å². The molecule has 0 aliphatic heterocycles. The van der Waals surface area contributed by atoms with Gasteiger partial charge in [0.25, 0.3) is 5.91 Å². The summed E-state index contributed by atoms with van der Waals surface area (Å²) in [5, 5.41) is 8.14. The van der Waals surface area contributed by atoms with Crippen LogP contribution in [0.5, 0.6) is 11.5 Å². The van der Waals surface area contributed by atoms with Gasteiger partial charge < -0.3 is 19.7 Å². The summed E-state index contributed by atoms with van der Waals surface area (Å²) in [5.41, 5.74) is 1.46. The molecule has 3 rings (SSSR count). The molecule has 1 heterocycles. The molecule has 0 fully saturated rings. The number of nitrogens with one attached hydrogen (secondary N) is 1. The maximum Gasteiger partial charge on any atom is 0.261 e. The fourth-order valence-electron chi connectivity index (χ4n) is 3.74. The van der Waals surface area contributed by atoms with Crippen LogP contribution in [0.1, 0.15) is 50.2 Å². The van der Waals surface area contributed by atoms with Gasteiger partial charge in [-0.1, -0.05) is 57.5 Å². The number of carbonyl (C=O) groups excluding carboxylic acids is 2. The Kier molecular flexibility index (Phi) is 8.63. The highest BCUT2D eigenvalue weighted by Gasteiger charge is 2.27. The fraction of sp³-hybridized carbons (Fsp3) is 0.370. The third-order valence-electron chi connectivity index (χ3n) is 5.58. The van der Waals surface area contributed by atoms with Gasteiger partial charge in [0, 0.05) is 18.0 Å². The average molecular weight is 513 g/mol. The monoisotopic (exact) mass is 512 g/mol. The minimum Gasteiger partial charge on any atom is -0.496 e. The maximum atomic E-state index is 13.5. The number of hydrogen-bond acceptors (Lipinski definition) is 5. The SMILES string of the molecule is CCCN(CC(=O)Nc1cc(C(C)(C)C)nn1-c1ccccc1Cl)C(=O)c1c(OC)cccc1OC. The van der Waals surface area contributed by atoms with Crippen molar-refractivity contribution in [3.8, 4) is 17.2 Å². The number of halogens is 1. The molecule has 3 aromatic rings. The van der Waals surface area contributed by atoms with Crippen LogP contribution in [0.2, 0.25) is 5.02 Å². The predicted octanol–water partition coefficient (Wildman–Crippen LogP) is 5.33. The molecule has 2 aromatic carbocycles. The molecule has 0 bridgehead atoms. The maximum absolute atomic E-state index is 13.5. The number of benzene rings is 2. The van der Waals surface area contributed by atoms with Crippen LogP contribution in [0.15, 0.2) is 48.5 Å². The van der Waals surface area contributed by atoms with Crippen molar-refractivity contribution in [2.24, 2.45) is 0 Å². The normalized spacial score (nSPS) is 11.2. The van der Waals surface area contributed by atoms with E-state index in [-0.39, 0.29) is 29.3 Å². The number of carbonyl (C=O) groups is 2. The number of amides is 2. The molecule has 36 heavy (non-hydrogen) atoms. The van der Waals surface area contributed by atoms with Crippen molar-refractivity contribution >= 4 is 29.2 Å². The van der Waals surface area contributed by atoms with Crippen LogP contribution in [0.4, 0.5) is 5.82 Å². The molecule has 0 aliphatic rings. The molecule has 0 radical (unpaired) electrons. The third-order valence-corrected chi connectivity index (χ3v) is 5.90. The van der Waals surface area contributed by atoms with Gasteiger partial charge in [0.05, 0.1) is 30.6 Å². The van der Waals surface area contributed by atoms with E-state index in [2.05, 4.69) is 5.32 Å². The molecule has 0 unspecified atom stereocenters. The van der Waals surface area contributed by atoms with Crippen molar-refractivity contribution in [1.29, 1.82) is 0 Å². The molecular weight excluding hydrogens is 480 g/mol. The molecule has 0 atom stereocenters. The first-order chi connectivity index (χ1) is 17.1. The van der Waals surface area contributed by atoms with Gasteiger partial charge in [-0.25, -0.2) is 4.68 Å². The van der Waals surface area contributed by atoms with Crippen LogP contribution < -0.4 is 14.8 Å². The molecule has 2 amide bonds. The van der Waals surface area contributed by atoms with Crippen molar-refractivity contribution in [3.05, 3.63) is 64.8 Å². The van der Waals surface area contributed by atoms with Gasteiger partial charge in [0.15, 0.2) is 0 Å². The first kappa shape index (κ1) is 27.1. The van der Waals surface area contributed by atoms with Crippen LogP contribution in [-0.4, -0.2) is 53.8 Å². The van der Waals surface area contributed by atoms with Gasteiger partial charge in [-0.3, -0.25) is 9.59 Å². The Bertz CT molecular complexity index is 1210. The number of para-hydroxylation sites is 1. The highest BCUT2D eigenvalue weighted by Crippen LogP contribution is 2.31. The fourth-order valence-corrected chi connectivity index (χ4v) is 3.96. The number of anilines is 1. The zero-order chi connectivity index (χ0) is 26.5. The minimum absolute atomic E-state index is 0.160. The third kappa shape index (κ3) is 5.99. The number of methoxy groups -OCH3 is 2. The summed E-state index contributed by atoms with van der Waals surface area (Å²) >= 11 is 6.43. The second-order valence-corrected chi connectivity index (χ2v) is 9.75. The number of aromatic nitrogens is 2. The zero-order valence-electron chi connectivity index (χ0n) is 21.6. The van der Waals surface area contributed by atoms with E-state index in [1.165, 1.54) is 19.1 Å². The van der Waals surface area contributed by atoms with Gasteiger partial charge in [-0.2, -0.15) is 5.10 Å². The molecule has 9 heteroatoms. The van der Waals surface area contributed by atoms with E-state index in [0.29, 0.717) is 41.0 Å². The van der Waals surface area contributed by atoms with Crippen LogP contribution >= 0.6 is 11.6 Å². The number of nitrogens with zero attached hydrogens (tertiary/aromatic N) is 3. The van der Waals surface area contributed by atoms with Gasteiger partial charge in [0.2, 0.25) is 5.91 Å². The first-order valence-corrected chi connectivity index (χ1v) is 12.1. The van der Waals surface area contributed by atoms with E-state index in [9.17, 15) is 9.59 Å². The Hall–Kier alpha value is -3.52. The molecule has 0 spiro atoms. The summed E-state index contributed by atoms with van der Waals surface area (Å²) in [7, 11) is 2.98. The molecule has 8 nitrogen and oxygen atoms in total. The minimum atomic E-state index is -0.362. The van der Waals surface area contributed by atoms with Gasteiger partial charge in [-0.05, 0) is 30.7 Å². The smallest absolute Gasteiger partial charge is 0.261 e. The van der Waals surface area contributed by atoms with Crippen molar-refractivity contribution < 1.29 is 19.1 Å². The highest BCUT2D eigenvalue weighted by atomic mass is 35.5. The van der Waals surface area contributed by atoms with Gasteiger partial charge >= 0.3 is 0 Å². The number of rotatable bonds is 9. The van der Waals surface area contributed by atoms with Gasteiger partial charge in [-0.15, -0.1) is 0 Å². The van der Waals surface area contributed by atoms with Crippen molar-refractivity contribution in [2.45, 2.75) is 39.5 Å². The lowest BCUT2D eigenvalue weighted by atomic mass is 9.92. The van der Waals surface area contributed by atoms with Crippen molar-refractivity contribution in [1.82, 2.24) is 14.7 Å². The Morgan fingerprint density at radius 3 is 2.25 bits per heavy atom. The van der Waals surface area contributed by atoms with E-state index in [1.54, 1.807) is 28.9 Å². The molecule has 192 valence electrons. The van der Waals surface area contributed by atoms with E-state index in [1.807, 2.05) is 52.0 Å². The molecule has 1 N–H and O–H groups in total. The highest BCUT2D eigenvalue weighted by molar-refractivity contribution is 6.32. The quantitative estimate of drug-likeness (QED) is 0.418. The van der Waals surface area contributed by atoms with E-state index in [4.69, 9.17) is 26.2 Å². The summed E-state index contributed by atoms with van der Waals surface area (Å²) in [6.45, 7) is 8.29. The zero-order valence-corrected chi connectivity index (χ0v) is 22.3. The summed E-state index contributed by atoms with van der Waals surface area (Å²) in [5.74, 6) is 0.521. The second kappa shape index (κ2) is 11.5. The Morgan fingerprint density at radius 1 is 1.06 bits per heavy atom. The average Bonchev–Trinajstić information content (AvgIpc) is 3.27. The summed E-state index contributed by atoms with van der Waals surface area (Å²) < 4.78 is 12.4. The van der Waals surface area contributed by atoms with Crippen molar-refractivity contribution in [2.75, 3.05) is 32.6 Å². The molecule has 0 aliphatic carbocycles.